The van der Waals surface area contributed by atoms with Crippen LogP contribution in [0.1, 0.15) is 41.1 Å². The van der Waals surface area contributed by atoms with Crippen molar-refractivity contribution < 1.29 is 8.42 Å². The van der Waals surface area contributed by atoms with Crippen LogP contribution in [-0.2, 0) is 10.0 Å². The van der Waals surface area contributed by atoms with Crippen LogP contribution >= 0.6 is 11.6 Å². The lowest BCUT2D eigenvalue weighted by Crippen LogP contribution is -2.37. The summed E-state index contributed by atoms with van der Waals surface area (Å²) < 4.78 is 25.2. The summed E-state index contributed by atoms with van der Waals surface area (Å²) in [7, 11) is -3.13. The minimum atomic E-state index is -3.13. The normalized spacial score (nSPS) is 15.5. The molecule has 0 radical (unpaired) electrons. The van der Waals surface area contributed by atoms with E-state index in [4.69, 9.17) is 11.6 Å². The van der Waals surface area contributed by atoms with Gasteiger partial charge in [-0.25, -0.2) is 17.7 Å². The molecule has 176 valence electrons. The van der Waals surface area contributed by atoms with E-state index in [0.29, 0.717) is 41.6 Å². The molecule has 11 heteroatoms. The van der Waals surface area contributed by atoms with Crippen LogP contribution in [0.25, 0.3) is 0 Å². The topological polar surface area (TPSA) is 116 Å². The van der Waals surface area contributed by atoms with Crippen LogP contribution in [0.2, 0.25) is 5.02 Å². The van der Waals surface area contributed by atoms with Gasteiger partial charge in [0.2, 0.25) is 16.0 Å². The molecule has 9 nitrogen and oxygen atoms in total. The number of rotatable bonds is 6. The van der Waals surface area contributed by atoms with Crippen molar-refractivity contribution in [2.24, 2.45) is 0 Å². The van der Waals surface area contributed by atoms with E-state index in [1.807, 2.05) is 19.9 Å². The van der Waals surface area contributed by atoms with Gasteiger partial charge < -0.3 is 10.6 Å². The number of aryl methyl sites for hydroxylation is 3. The van der Waals surface area contributed by atoms with E-state index in [0.717, 1.165) is 35.3 Å². The average Bonchev–Trinajstić information content (AvgIpc) is 3.17. The molecule has 0 spiro atoms. The number of sulfonamides is 1. The molecule has 1 aliphatic heterocycles. The summed E-state index contributed by atoms with van der Waals surface area (Å²) >= 11 is 6.26. The Hall–Kier alpha value is -2.69. The summed E-state index contributed by atoms with van der Waals surface area (Å²) in [6.07, 6.45) is 4.47. The predicted molar refractivity (Wildman–Crippen MR) is 131 cm³/mol. The third-order valence-electron chi connectivity index (χ3n) is 5.92. The number of nitrogens with one attached hydrogen (secondary N) is 3. The zero-order chi connectivity index (χ0) is 23.8. The lowest BCUT2D eigenvalue weighted by atomic mass is 9.86. The second-order valence-electron chi connectivity index (χ2n) is 8.54. The van der Waals surface area contributed by atoms with E-state index in [9.17, 15) is 8.42 Å². The molecule has 0 saturated carbocycles. The first kappa shape index (κ1) is 23.5. The van der Waals surface area contributed by atoms with E-state index in [2.05, 4.69) is 49.9 Å². The Morgan fingerprint density at radius 2 is 1.82 bits per heavy atom. The van der Waals surface area contributed by atoms with Crippen molar-refractivity contribution in [3.63, 3.8) is 0 Å². The van der Waals surface area contributed by atoms with Crippen molar-refractivity contribution in [2.75, 3.05) is 30.0 Å². The van der Waals surface area contributed by atoms with Crippen molar-refractivity contribution in [1.29, 1.82) is 0 Å². The van der Waals surface area contributed by atoms with Crippen molar-refractivity contribution >= 4 is 44.9 Å². The Morgan fingerprint density at radius 1 is 1.09 bits per heavy atom. The molecule has 3 aromatic rings. The fraction of sp³-hybridized carbons (Fsp3) is 0.409. The number of H-pyrrole nitrogens is 1. The van der Waals surface area contributed by atoms with E-state index in [-0.39, 0.29) is 0 Å². The molecule has 3 N–H and O–H groups in total. The third-order valence-corrected chi connectivity index (χ3v) is 7.50. The summed E-state index contributed by atoms with van der Waals surface area (Å²) in [5, 5.41) is 13.8. The summed E-state index contributed by atoms with van der Waals surface area (Å²) in [6.45, 7) is 7.16. The van der Waals surface area contributed by atoms with Crippen LogP contribution in [0.15, 0.2) is 24.4 Å². The molecule has 1 aromatic carbocycles. The molecule has 4 rings (SSSR count). The lowest BCUT2D eigenvalue weighted by Gasteiger charge is -2.31. The first-order valence-electron chi connectivity index (χ1n) is 10.7. The SMILES string of the molecule is Cc1cc(Nc2nc(Nc3cc(C)c(C4CCN(S(C)(=O)=O)CC4)cc3C)ncc2Cl)n[nH]1. The molecule has 1 aliphatic rings. The van der Waals surface area contributed by atoms with Crippen LogP contribution in [0.3, 0.4) is 0 Å². The third kappa shape index (κ3) is 5.45. The van der Waals surface area contributed by atoms with Gasteiger partial charge in [-0.3, -0.25) is 5.10 Å². The Labute approximate surface area is 199 Å². The Morgan fingerprint density at radius 3 is 2.45 bits per heavy atom. The molecule has 0 atom stereocenters. The number of nitrogens with zero attached hydrogens (tertiary/aromatic N) is 4. The van der Waals surface area contributed by atoms with Gasteiger partial charge in [0.05, 0.1) is 12.5 Å². The minimum Gasteiger partial charge on any atom is -0.324 e. The molecule has 1 saturated heterocycles. The number of piperidine rings is 1. The molecule has 3 heterocycles. The van der Waals surface area contributed by atoms with Crippen LogP contribution in [-0.4, -0.2) is 52.2 Å². The number of benzene rings is 1. The van der Waals surface area contributed by atoms with Crippen LogP contribution in [0.4, 0.5) is 23.3 Å². The van der Waals surface area contributed by atoms with Gasteiger partial charge in [0, 0.05) is 30.5 Å². The highest BCUT2D eigenvalue weighted by Crippen LogP contribution is 2.34. The van der Waals surface area contributed by atoms with Gasteiger partial charge in [-0.2, -0.15) is 10.1 Å². The van der Waals surface area contributed by atoms with Crippen molar-refractivity contribution in [2.45, 2.75) is 39.5 Å². The number of aromatic amines is 1. The van der Waals surface area contributed by atoms with Crippen molar-refractivity contribution in [3.8, 4) is 0 Å². The largest absolute Gasteiger partial charge is 0.324 e. The molecule has 0 bridgehead atoms. The smallest absolute Gasteiger partial charge is 0.229 e. The van der Waals surface area contributed by atoms with Gasteiger partial charge in [0.15, 0.2) is 11.6 Å². The average molecular weight is 490 g/mol. The second-order valence-corrected chi connectivity index (χ2v) is 10.9. The molecular weight excluding hydrogens is 462 g/mol. The summed E-state index contributed by atoms with van der Waals surface area (Å²) in [5.41, 5.74) is 5.32. The number of hydrogen-bond donors (Lipinski definition) is 3. The fourth-order valence-corrected chi connectivity index (χ4v) is 5.16. The second kappa shape index (κ2) is 9.28. The summed E-state index contributed by atoms with van der Waals surface area (Å²) in [6, 6.07) is 6.13. The van der Waals surface area contributed by atoms with Gasteiger partial charge in [-0.1, -0.05) is 17.7 Å². The maximum Gasteiger partial charge on any atom is 0.229 e. The molecule has 2 aromatic heterocycles. The van der Waals surface area contributed by atoms with Gasteiger partial charge in [-0.15, -0.1) is 0 Å². The van der Waals surface area contributed by atoms with Crippen LogP contribution in [0, 0.1) is 20.8 Å². The highest BCUT2D eigenvalue weighted by atomic mass is 35.5. The first-order valence-corrected chi connectivity index (χ1v) is 13.0. The van der Waals surface area contributed by atoms with E-state index in [1.54, 1.807) is 10.5 Å². The molecule has 0 unspecified atom stereocenters. The first-order chi connectivity index (χ1) is 15.6. The molecular formula is C22H28ClN7O2S. The van der Waals surface area contributed by atoms with Crippen molar-refractivity contribution in [3.05, 3.63) is 51.8 Å². The van der Waals surface area contributed by atoms with Gasteiger partial charge in [-0.05, 0) is 62.3 Å². The zero-order valence-corrected chi connectivity index (χ0v) is 20.7. The molecule has 33 heavy (non-hydrogen) atoms. The Balaban J connectivity index is 1.50. The summed E-state index contributed by atoms with van der Waals surface area (Å²) in [4.78, 5) is 8.82. The number of hydrogen-bond acceptors (Lipinski definition) is 7. The van der Waals surface area contributed by atoms with Gasteiger partial charge in [0.1, 0.15) is 5.02 Å². The van der Waals surface area contributed by atoms with Crippen LogP contribution in [0.5, 0.6) is 0 Å². The summed E-state index contributed by atoms with van der Waals surface area (Å²) in [5.74, 6) is 1.85. The molecule has 0 amide bonds. The highest BCUT2D eigenvalue weighted by Gasteiger charge is 2.27. The van der Waals surface area contributed by atoms with Crippen molar-refractivity contribution in [1.82, 2.24) is 24.5 Å². The van der Waals surface area contributed by atoms with Gasteiger partial charge in [0.25, 0.3) is 0 Å². The number of aromatic nitrogens is 4. The number of anilines is 4. The molecule has 1 fully saturated rings. The maximum atomic E-state index is 11.8. The van der Waals surface area contributed by atoms with E-state index in [1.165, 1.54) is 11.8 Å². The van der Waals surface area contributed by atoms with E-state index < -0.39 is 10.0 Å². The van der Waals surface area contributed by atoms with Gasteiger partial charge >= 0.3 is 0 Å². The fourth-order valence-electron chi connectivity index (χ4n) is 4.15. The van der Waals surface area contributed by atoms with E-state index >= 15 is 0 Å². The zero-order valence-electron chi connectivity index (χ0n) is 19.1. The monoisotopic (exact) mass is 489 g/mol. The predicted octanol–water partition coefficient (Wildman–Crippen LogP) is 4.40. The molecule has 0 aliphatic carbocycles. The Kier molecular flexibility index (Phi) is 6.60. The minimum absolute atomic E-state index is 0.343. The van der Waals surface area contributed by atoms with Crippen LogP contribution < -0.4 is 10.6 Å². The number of halogens is 1. The standard InChI is InChI=1S/C22H28ClN7O2S/c1-13-10-19(14(2)9-17(13)16-5-7-30(8-6-16)33(4,31)32)25-22-24-12-18(23)21(27-22)26-20-11-15(3)28-29-20/h9-12,16H,5-8H2,1-4H3,(H3,24,25,26,27,28,29). The quantitative estimate of drug-likeness (QED) is 0.469. The maximum absolute atomic E-state index is 11.8. The highest BCUT2D eigenvalue weighted by molar-refractivity contribution is 7.88. The Bertz CT molecular complexity index is 1270. The lowest BCUT2D eigenvalue weighted by molar-refractivity contribution is 0.321.